The van der Waals surface area contributed by atoms with Gasteiger partial charge in [0.25, 0.3) is 0 Å². The minimum atomic E-state index is -0.343. The van der Waals surface area contributed by atoms with Gasteiger partial charge < -0.3 is 15.8 Å². The normalized spacial score (nSPS) is 9.76. The van der Waals surface area contributed by atoms with Crippen molar-refractivity contribution >= 4 is 29.0 Å². The number of pyridine rings is 1. The van der Waals surface area contributed by atoms with Crippen molar-refractivity contribution in [1.82, 2.24) is 4.98 Å². The third-order valence-corrected chi connectivity index (χ3v) is 2.32. The third-order valence-electron chi connectivity index (χ3n) is 2.11. The van der Waals surface area contributed by atoms with Crippen LogP contribution in [0.5, 0.6) is 0 Å². The van der Waals surface area contributed by atoms with Gasteiger partial charge >= 0.3 is 5.97 Å². The summed E-state index contributed by atoms with van der Waals surface area (Å²) in [6, 6.07) is 1.81. The number of carbonyl (C=O) groups excluding carboxylic acids is 1. The number of hydrogen-bond donors (Lipinski definition) is 2. The van der Waals surface area contributed by atoms with Crippen LogP contribution in [0.15, 0.2) is 12.3 Å². The number of nitrogens with zero attached hydrogens (tertiary/aromatic N) is 1. The molecule has 0 atom stereocenters. The Morgan fingerprint density at radius 2 is 2.35 bits per heavy atom. The average Bonchev–Trinajstić information content (AvgIpc) is 2.26. The summed E-state index contributed by atoms with van der Waals surface area (Å²) >= 11 is 4.95. The molecule has 0 amide bonds. The van der Waals surface area contributed by atoms with Crippen LogP contribution in [0.3, 0.4) is 0 Å². The fourth-order valence-electron chi connectivity index (χ4n) is 1.37. The van der Waals surface area contributed by atoms with Gasteiger partial charge in [0, 0.05) is 6.20 Å². The van der Waals surface area contributed by atoms with Gasteiger partial charge in [0.2, 0.25) is 0 Å². The molecule has 0 aliphatic heterocycles. The molecule has 1 aromatic rings. The summed E-state index contributed by atoms with van der Waals surface area (Å²) in [4.78, 5) is 15.6. The Labute approximate surface area is 105 Å². The smallest absolute Gasteiger partial charge is 0.325 e. The predicted octanol–water partition coefficient (Wildman–Crippen LogP) is 0.999. The monoisotopic (exact) mass is 253 g/mol. The molecular weight excluding hydrogens is 238 g/mol. The quantitative estimate of drug-likeness (QED) is 0.602. The maximum Gasteiger partial charge on any atom is 0.325 e. The zero-order chi connectivity index (χ0) is 12.8. The topological polar surface area (TPSA) is 77.2 Å². The number of carbonyl (C=O) groups is 1. The summed E-state index contributed by atoms with van der Waals surface area (Å²) < 4.78 is 4.80. The van der Waals surface area contributed by atoms with E-state index in [-0.39, 0.29) is 17.5 Å². The van der Waals surface area contributed by atoms with Crippen molar-refractivity contribution in [2.45, 2.75) is 13.8 Å². The van der Waals surface area contributed by atoms with Crippen LogP contribution in [-0.4, -0.2) is 29.1 Å². The van der Waals surface area contributed by atoms with Gasteiger partial charge in [-0.05, 0) is 25.5 Å². The molecule has 0 spiro atoms. The summed E-state index contributed by atoms with van der Waals surface area (Å²) in [7, 11) is 0. The molecule has 6 heteroatoms. The minimum absolute atomic E-state index is 0.0416. The van der Waals surface area contributed by atoms with Crippen LogP contribution in [0, 0.1) is 6.92 Å². The molecule has 92 valence electrons. The molecule has 0 aliphatic carbocycles. The molecule has 0 aromatic carbocycles. The molecule has 0 saturated heterocycles. The number of ether oxygens (including phenoxy) is 1. The molecule has 17 heavy (non-hydrogen) atoms. The van der Waals surface area contributed by atoms with Crippen molar-refractivity contribution < 1.29 is 9.53 Å². The molecule has 0 fully saturated rings. The van der Waals surface area contributed by atoms with E-state index < -0.39 is 0 Å². The molecule has 0 bridgehead atoms. The van der Waals surface area contributed by atoms with E-state index in [1.165, 1.54) is 0 Å². The Kier molecular flexibility index (Phi) is 4.84. The van der Waals surface area contributed by atoms with E-state index in [0.29, 0.717) is 18.0 Å². The van der Waals surface area contributed by atoms with Crippen LogP contribution in [0.25, 0.3) is 0 Å². The second-order valence-corrected chi connectivity index (χ2v) is 3.81. The number of thiocarbonyl (C=S) groups is 1. The first kappa shape index (κ1) is 13.4. The Hall–Kier alpha value is -1.69. The zero-order valence-electron chi connectivity index (χ0n) is 9.82. The Morgan fingerprint density at radius 1 is 1.65 bits per heavy atom. The predicted molar refractivity (Wildman–Crippen MR) is 70.0 cm³/mol. The summed E-state index contributed by atoms with van der Waals surface area (Å²) in [5, 5.41) is 2.87. The SMILES string of the molecule is CCOC(=O)CNc1nccc(C)c1C(N)=S. The summed E-state index contributed by atoms with van der Waals surface area (Å²) in [6.07, 6.45) is 1.63. The number of nitrogens with one attached hydrogen (secondary N) is 1. The Balaban J connectivity index is 2.81. The third kappa shape index (κ3) is 3.67. The number of nitrogens with two attached hydrogens (primary N) is 1. The largest absolute Gasteiger partial charge is 0.465 e. The number of rotatable bonds is 5. The van der Waals surface area contributed by atoms with Crippen LogP contribution in [-0.2, 0) is 9.53 Å². The summed E-state index contributed by atoms with van der Waals surface area (Å²) in [6.45, 7) is 4.03. The Morgan fingerprint density at radius 3 is 2.94 bits per heavy atom. The summed E-state index contributed by atoms with van der Waals surface area (Å²) in [5.74, 6) is 0.162. The standard InChI is InChI=1S/C11H15N3O2S/c1-3-16-8(15)6-14-11-9(10(12)17)7(2)4-5-13-11/h4-5H,3,6H2,1-2H3,(H2,12,17)(H,13,14). The molecule has 1 heterocycles. The van der Waals surface area contributed by atoms with Crippen molar-refractivity contribution in [3.63, 3.8) is 0 Å². The number of anilines is 1. The molecule has 1 aromatic heterocycles. The number of aromatic nitrogens is 1. The molecule has 0 aliphatic rings. The van der Waals surface area contributed by atoms with E-state index in [9.17, 15) is 4.79 Å². The molecule has 1 rings (SSSR count). The molecular formula is C11H15N3O2S. The van der Waals surface area contributed by atoms with Crippen LogP contribution < -0.4 is 11.1 Å². The second kappa shape index (κ2) is 6.15. The first-order valence-corrected chi connectivity index (χ1v) is 5.62. The van der Waals surface area contributed by atoms with Gasteiger partial charge in [-0.3, -0.25) is 4.79 Å². The maximum atomic E-state index is 11.2. The van der Waals surface area contributed by atoms with Crippen LogP contribution in [0.4, 0.5) is 5.82 Å². The highest BCUT2D eigenvalue weighted by Gasteiger charge is 2.11. The van der Waals surface area contributed by atoms with Gasteiger partial charge in [-0.25, -0.2) is 4.98 Å². The van der Waals surface area contributed by atoms with Crippen molar-refractivity contribution in [3.8, 4) is 0 Å². The van der Waals surface area contributed by atoms with E-state index in [2.05, 4.69) is 10.3 Å². The van der Waals surface area contributed by atoms with Crippen LogP contribution in [0.1, 0.15) is 18.1 Å². The lowest BCUT2D eigenvalue weighted by Gasteiger charge is -2.11. The fraction of sp³-hybridized carbons (Fsp3) is 0.364. The fourth-order valence-corrected chi connectivity index (χ4v) is 1.63. The van der Waals surface area contributed by atoms with E-state index in [1.807, 2.05) is 13.0 Å². The van der Waals surface area contributed by atoms with Gasteiger partial charge in [0.15, 0.2) is 0 Å². The van der Waals surface area contributed by atoms with E-state index in [4.69, 9.17) is 22.7 Å². The van der Waals surface area contributed by atoms with Gasteiger partial charge in [-0.2, -0.15) is 0 Å². The number of hydrogen-bond acceptors (Lipinski definition) is 5. The minimum Gasteiger partial charge on any atom is -0.465 e. The van der Waals surface area contributed by atoms with Crippen LogP contribution >= 0.6 is 12.2 Å². The second-order valence-electron chi connectivity index (χ2n) is 3.37. The highest BCUT2D eigenvalue weighted by atomic mass is 32.1. The highest BCUT2D eigenvalue weighted by molar-refractivity contribution is 7.80. The van der Waals surface area contributed by atoms with Crippen LogP contribution in [0.2, 0.25) is 0 Å². The van der Waals surface area contributed by atoms with Crippen molar-refractivity contribution in [3.05, 3.63) is 23.4 Å². The molecule has 5 nitrogen and oxygen atoms in total. The van der Waals surface area contributed by atoms with E-state index >= 15 is 0 Å². The van der Waals surface area contributed by atoms with Gasteiger partial charge in [-0.1, -0.05) is 12.2 Å². The lowest BCUT2D eigenvalue weighted by Crippen LogP contribution is -2.21. The van der Waals surface area contributed by atoms with Gasteiger partial charge in [0.1, 0.15) is 17.4 Å². The summed E-state index contributed by atoms with van der Waals surface area (Å²) in [5.41, 5.74) is 7.19. The van der Waals surface area contributed by atoms with Crippen molar-refractivity contribution in [2.75, 3.05) is 18.5 Å². The van der Waals surface area contributed by atoms with Crippen molar-refractivity contribution in [1.29, 1.82) is 0 Å². The maximum absolute atomic E-state index is 11.2. The lowest BCUT2D eigenvalue weighted by molar-refractivity contribution is -0.140. The molecule has 0 saturated carbocycles. The van der Waals surface area contributed by atoms with Gasteiger partial charge in [0.05, 0.1) is 12.2 Å². The average molecular weight is 253 g/mol. The molecule has 0 unspecified atom stereocenters. The number of esters is 1. The van der Waals surface area contributed by atoms with E-state index in [0.717, 1.165) is 5.56 Å². The van der Waals surface area contributed by atoms with Crippen molar-refractivity contribution in [2.24, 2.45) is 5.73 Å². The first-order chi connectivity index (χ1) is 8.06. The zero-order valence-corrected chi connectivity index (χ0v) is 10.6. The van der Waals surface area contributed by atoms with Gasteiger partial charge in [-0.15, -0.1) is 0 Å². The lowest BCUT2D eigenvalue weighted by atomic mass is 10.1. The van der Waals surface area contributed by atoms with E-state index in [1.54, 1.807) is 13.1 Å². The molecule has 3 N–H and O–H groups in total. The molecule has 0 radical (unpaired) electrons. The Bertz CT molecular complexity index is 435. The highest BCUT2D eigenvalue weighted by Crippen LogP contribution is 2.16. The number of aryl methyl sites for hydroxylation is 1. The first-order valence-electron chi connectivity index (χ1n) is 5.21.